The molecule has 1 heterocycles. The molecule has 0 bridgehead atoms. The van der Waals surface area contributed by atoms with Crippen molar-refractivity contribution >= 4 is 23.3 Å². The van der Waals surface area contributed by atoms with Crippen molar-refractivity contribution in [3.8, 4) is 5.75 Å². The molecule has 7 heteroatoms. The molecule has 6 nitrogen and oxygen atoms in total. The average molecular weight is 296 g/mol. The molecule has 0 radical (unpaired) electrons. The summed E-state index contributed by atoms with van der Waals surface area (Å²) in [4.78, 5) is 23.5. The fourth-order valence-corrected chi connectivity index (χ4v) is 2.26. The minimum Gasteiger partial charge on any atom is -0.507 e. The van der Waals surface area contributed by atoms with E-state index in [0.29, 0.717) is 5.02 Å². The Bertz CT molecular complexity index is 642. The summed E-state index contributed by atoms with van der Waals surface area (Å²) in [5.41, 5.74) is 0.0573. The van der Waals surface area contributed by atoms with Crippen LogP contribution in [0.1, 0.15) is 10.4 Å². The Morgan fingerprint density at radius 3 is 2.85 bits per heavy atom. The van der Waals surface area contributed by atoms with Crippen LogP contribution in [0.3, 0.4) is 0 Å². The van der Waals surface area contributed by atoms with Crippen LogP contribution in [0.15, 0.2) is 30.0 Å². The largest absolute Gasteiger partial charge is 0.507 e. The van der Waals surface area contributed by atoms with E-state index in [4.69, 9.17) is 16.3 Å². The molecular formula is C13H10ClNO5. The smallest absolute Gasteiger partial charge is 0.259 e. The van der Waals surface area contributed by atoms with Gasteiger partial charge in [0.2, 0.25) is 0 Å². The molecule has 0 aromatic heterocycles. The zero-order valence-corrected chi connectivity index (χ0v) is 10.8. The molecule has 0 spiro atoms. The van der Waals surface area contributed by atoms with Crippen LogP contribution in [0, 0.1) is 0 Å². The van der Waals surface area contributed by atoms with Gasteiger partial charge >= 0.3 is 0 Å². The van der Waals surface area contributed by atoms with E-state index in [1.165, 1.54) is 18.2 Å². The second kappa shape index (κ2) is 4.59. The van der Waals surface area contributed by atoms with Crippen molar-refractivity contribution in [1.82, 2.24) is 5.32 Å². The Morgan fingerprint density at radius 1 is 1.40 bits per heavy atom. The predicted octanol–water partition coefficient (Wildman–Crippen LogP) is 0.370. The van der Waals surface area contributed by atoms with Gasteiger partial charge in [0, 0.05) is 11.1 Å². The highest BCUT2D eigenvalue weighted by molar-refractivity contribution is 6.30. The molecule has 1 aromatic carbocycles. The summed E-state index contributed by atoms with van der Waals surface area (Å²) in [7, 11) is 0. The number of fused-ring (bicyclic) bond motifs is 1. The third-order valence-electron chi connectivity index (χ3n) is 3.20. The first-order valence-electron chi connectivity index (χ1n) is 5.86. The van der Waals surface area contributed by atoms with Gasteiger partial charge in [-0.05, 0) is 18.2 Å². The molecule has 0 saturated carbocycles. The van der Waals surface area contributed by atoms with Crippen LogP contribution in [0.25, 0.3) is 0 Å². The number of amides is 1. The molecule has 104 valence electrons. The summed E-state index contributed by atoms with van der Waals surface area (Å²) in [6.45, 7) is 0. The molecule has 2 aliphatic rings. The molecule has 3 unspecified atom stereocenters. The van der Waals surface area contributed by atoms with Gasteiger partial charge in [-0.15, -0.1) is 0 Å². The van der Waals surface area contributed by atoms with Crippen molar-refractivity contribution in [3.63, 3.8) is 0 Å². The zero-order valence-electron chi connectivity index (χ0n) is 10.0. The van der Waals surface area contributed by atoms with Gasteiger partial charge in [0.15, 0.2) is 5.78 Å². The lowest BCUT2D eigenvalue weighted by atomic mass is 10.0. The Labute approximate surface area is 118 Å². The van der Waals surface area contributed by atoms with E-state index in [2.05, 4.69) is 5.32 Å². The van der Waals surface area contributed by atoms with E-state index in [9.17, 15) is 19.8 Å². The van der Waals surface area contributed by atoms with Crippen LogP contribution in [-0.4, -0.2) is 40.2 Å². The Kier molecular flexibility index (Phi) is 3.01. The number of halogens is 1. The third-order valence-corrected chi connectivity index (χ3v) is 3.43. The first-order valence-corrected chi connectivity index (χ1v) is 6.24. The average Bonchev–Trinajstić information content (AvgIpc) is 3.16. The highest BCUT2D eigenvalue weighted by atomic mass is 35.5. The number of benzene rings is 1. The fourth-order valence-electron chi connectivity index (χ4n) is 2.10. The second-order valence-corrected chi connectivity index (χ2v) is 5.02. The first-order chi connectivity index (χ1) is 9.47. The molecule has 1 aromatic rings. The lowest BCUT2D eigenvalue weighted by molar-refractivity contribution is -0.116. The predicted molar refractivity (Wildman–Crippen MR) is 68.3 cm³/mol. The third kappa shape index (κ3) is 2.18. The second-order valence-electron chi connectivity index (χ2n) is 4.58. The molecule has 1 saturated heterocycles. The van der Waals surface area contributed by atoms with Crippen molar-refractivity contribution in [1.29, 1.82) is 0 Å². The monoisotopic (exact) mass is 295 g/mol. The van der Waals surface area contributed by atoms with Crippen molar-refractivity contribution in [2.45, 2.75) is 18.3 Å². The van der Waals surface area contributed by atoms with Crippen molar-refractivity contribution in [2.75, 3.05) is 0 Å². The Balaban J connectivity index is 1.80. The minimum atomic E-state index is -1.06. The number of epoxide rings is 1. The van der Waals surface area contributed by atoms with Gasteiger partial charge in [-0.2, -0.15) is 0 Å². The summed E-state index contributed by atoms with van der Waals surface area (Å²) in [6.07, 6.45) is -1.11. The van der Waals surface area contributed by atoms with Crippen LogP contribution in [-0.2, 0) is 9.53 Å². The Morgan fingerprint density at radius 2 is 2.15 bits per heavy atom. The highest BCUT2D eigenvalue weighted by Gasteiger charge is 2.53. The van der Waals surface area contributed by atoms with Gasteiger partial charge in [0.05, 0.1) is 11.3 Å². The maximum atomic E-state index is 12.0. The number of aliphatic hydroxyl groups is 1. The lowest BCUT2D eigenvalue weighted by Crippen LogP contribution is -2.37. The highest BCUT2D eigenvalue weighted by Crippen LogP contribution is 2.33. The van der Waals surface area contributed by atoms with Gasteiger partial charge in [-0.25, -0.2) is 0 Å². The van der Waals surface area contributed by atoms with Crippen molar-refractivity contribution in [2.24, 2.45) is 0 Å². The molecule has 1 amide bonds. The topological polar surface area (TPSA) is 99.2 Å². The van der Waals surface area contributed by atoms with Gasteiger partial charge in [0.1, 0.15) is 24.1 Å². The molecule has 3 rings (SSSR count). The number of hydrogen-bond acceptors (Lipinski definition) is 5. The van der Waals surface area contributed by atoms with E-state index in [1.807, 2.05) is 0 Å². The van der Waals surface area contributed by atoms with E-state index in [1.54, 1.807) is 0 Å². The maximum Gasteiger partial charge on any atom is 0.259 e. The lowest BCUT2D eigenvalue weighted by Gasteiger charge is -2.17. The number of phenols is 1. The number of hydrogen-bond donors (Lipinski definition) is 3. The number of carbonyl (C=O) groups excluding carboxylic acids is 2. The number of aromatic hydroxyl groups is 1. The van der Waals surface area contributed by atoms with Crippen molar-refractivity contribution < 1.29 is 24.5 Å². The summed E-state index contributed by atoms with van der Waals surface area (Å²) < 4.78 is 4.99. The number of aliphatic hydroxyl groups excluding tert-OH is 1. The van der Waals surface area contributed by atoms with E-state index in [-0.39, 0.29) is 22.8 Å². The first kappa shape index (κ1) is 13.1. The number of carbonyl (C=O) groups is 2. The number of nitrogens with one attached hydrogen (secondary N) is 1. The number of ketones is 1. The van der Waals surface area contributed by atoms with Crippen molar-refractivity contribution in [3.05, 3.63) is 40.6 Å². The molecule has 1 fully saturated rings. The summed E-state index contributed by atoms with van der Waals surface area (Å²) >= 11 is 5.68. The van der Waals surface area contributed by atoms with Gasteiger partial charge < -0.3 is 20.3 Å². The standard InChI is InChI=1S/C13H10ClNO5/c14-5-1-2-6(8(16)3-5)13(19)15-7-4-9(17)11-12(20-11)10(7)18/h1-4,10-12,16,18H,(H,15,19). The van der Waals surface area contributed by atoms with E-state index < -0.39 is 24.2 Å². The van der Waals surface area contributed by atoms with Crippen LogP contribution in [0.4, 0.5) is 0 Å². The van der Waals surface area contributed by atoms with Gasteiger partial charge in [-0.1, -0.05) is 11.6 Å². The van der Waals surface area contributed by atoms with E-state index in [0.717, 1.165) is 6.08 Å². The molecule has 20 heavy (non-hydrogen) atoms. The molecule has 3 atom stereocenters. The molecule has 1 aliphatic carbocycles. The molecular weight excluding hydrogens is 286 g/mol. The van der Waals surface area contributed by atoms with E-state index >= 15 is 0 Å². The van der Waals surface area contributed by atoms with Crippen LogP contribution >= 0.6 is 11.6 Å². The number of phenolic OH excluding ortho intramolecular Hbond substituents is 1. The number of rotatable bonds is 2. The Hall–Kier alpha value is -1.89. The number of ether oxygens (including phenoxy) is 1. The molecule has 3 N–H and O–H groups in total. The minimum absolute atomic E-state index is 0.00575. The zero-order chi connectivity index (χ0) is 14.4. The SMILES string of the molecule is O=C(NC1=CC(=O)C2OC2C1O)c1ccc(Cl)cc1O. The van der Waals surface area contributed by atoms with Gasteiger partial charge in [-0.3, -0.25) is 9.59 Å². The van der Waals surface area contributed by atoms with Crippen LogP contribution in [0.5, 0.6) is 5.75 Å². The summed E-state index contributed by atoms with van der Waals surface area (Å²) in [5.74, 6) is -1.22. The van der Waals surface area contributed by atoms with Crippen LogP contribution in [0.2, 0.25) is 5.02 Å². The summed E-state index contributed by atoms with van der Waals surface area (Å²) in [5, 5.41) is 22.2. The fraction of sp³-hybridized carbons (Fsp3) is 0.231. The maximum absolute atomic E-state index is 12.0. The quantitative estimate of drug-likeness (QED) is 0.685. The van der Waals surface area contributed by atoms with Gasteiger partial charge in [0.25, 0.3) is 5.91 Å². The molecule has 1 aliphatic heterocycles. The normalized spacial score (nSPS) is 27.6. The summed E-state index contributed by atoms with van der Waals surface area (Å²) in [6, 6.07) is 4.03. The van der Waals surface area contributed by atoms with Crippen LogP contribution < -0.4 is 5.32 Å².